The van der Waals surface area contributed by atoms with Crippen molar-refractivity contribution >= 4 is 22.6 Å². The van der Waals surface area contributed by atoms with E-state index in [9.17, 15) is 18.4 Å². The summed E-state index contributed by atoms with van der Waals surface area (Å²) in [5, 5.41) is 2.09. The lowest BCUT2D eigenvalue weighted by atomic mass is 10.0. The van der Waals surface area contributed by atoms with Gasteiger partial charge in [-0.2, -0.15) is 0 Å². The molecular formula is C18H25F2N3O2. The zero-order valence-electron chi connectivity index (χ0n) is 13.8. The van der Waals surface area contributed by atoms with Crippen LogP contribution in [0.4, 0.5) is 8.78 Å². The van der Waals surface area contributed by atoms with Gasteiger partial charge in [-0.05, 0) is 22.8 Å². The maximum Gasteiger partial charge on any atom is 0.267 e. The van der Waals surface area contributed by atoms with Gasteiger partial charge < -0.3 is 16.8 Å². The largest absolute Gasteiger partial charge is 0.368 e. The van der Waals surface area contributed by atoms with Crippen molar-refractivity contribution in [3.8, 4) is 0 Å². The first kappa shape index (κ1) is 18.8. The van der Waals surface area contributed by atoms with Crippen molar-refractivity contribution in [1.29, 1.82) is 0 Å². The first-order chi connectivity index (χ1) is 11.4. The van der Waals surface area contributed by atoms with E-state index in [0.717, 1.165) is 21.2 Å². The summed E-state index contributed by atoms with van der Waals surface area (Å²) < 4.78 is 27.1. The second-order valence-corrected chi connectivity index (χ2v) is 6.14. The van der Waals surface area contributed by atoms with Crippen LogP contribution in [0.5, 0.6) is 0 Å². The van der Waals surface area contributed by atoms with Gasteiger partial charge in [0.05, 0.1) is 6.54 Å². The molecule has 2 aromatic rings. The minimum absolute atomic E-state index is 0. The molecule has 0 aromatic heterocycles. The highest BCUT2D eigenvalue weighted by molar-refractivity contribution is 5.89. The van der Waals surface area contributed by atoms with E-state index >= 15 is 0 Å². The van der Waals surface area contributed by atoms with Crippen molar-refractivity contribution in [2.75, 3.05) is 6.54 Å². The second-order valence-electron chi connectivity index (χ2n) is 6.14. The number of hydrogen-bond acceptors (Lipinski definition) is 3. The quantitative estimate of drug-likeness (QED) is 0.883. The van der Waals surface area contributed by atoms with Gasteiger partial charge in [0, 0.05) is 15.7 Å². The Morgan fingerprint density at radius 3 is 2.60 bits per heavy atom. The van der Waals surface area contributed by atoms with Crippen LogP contribution in [-0.4, -0.2) is 35.2 Å². The molecule has 0 bridgehead atoms. The van der Waals surface area contributed by atoms with Crippen molar-refractivity contribution in [3.63, 3.8) is 0 Å². The van der Waals surface area contributed by atoms with Crippen LogP contribution in [-0.2, 0) is 16.0 Å². The number of benzene rings is 2. The topological polar surface area (TPSA) is 98.4 Å². The zero-order chi connectivity index (χ0) is 17.3. The van der Waals surface area contributed by atoms with Crippen molar-refractivity contribution in [2.24, 2.45) is 5.73 Å². The van der Waals surface area contributed by atoms with Gasteiger partial charge in [0.2, 0.25) is 11.8 Å². The highest BCUT2D eigenvalue weighted by Gasteiger charge is 2.49. The fourth-order valence-electron chi connectivity index (χ4n) is 3.23. The Labute approximate surface area is 147 Å². The molecule has 7 heteroatoms. The molecule has 138 valence electrons. The Morgan fingerprint density at radius 1 is 1.20 bits per heavy atom. The molecule has 1 fully saturated rings. The SMILES string of the molecule is N.NC(=O)[C@@H]1CC(F)(F)CN1C(=O)CCc1cccc2ccccc12.[HH].[HH]. The van der Waals surface area contributed by atoms with E-state index in [0.29, 0.717) is 6.42 Å². The highest BCUT2D eigenvalue weighted by Crippen LogP contribution is 2.32. The van der Waals surface area contributed by atoms with E-state index in [2.05, 4.69) is 0 Å². The van der Waals surface area contributed by atoms with Crippen molar-refractivity contribution in [1.82, 2.24) is 11.1 Å². The minimum atomic E-state index is -3.06. The molecular weight excluding hydrogens is 328 g/mol. The molecule has 0 aliphatic carbocycles. The van der Waals surface area contributed by atoms with Crippen LogP contribution in [0, 0.1) is 0 Å². The highest BCUT2D eigenvalue weighted by atomic mass is 19.3. The van der Waals surface area contributed by atoms with E-state index in [1.807, 2.05) is 42.5 Å². The normalized spacial score (nSPS) is 18.8. The van der Waals surface area contributed by atoms with Gasteiger partial charge in [-0.25, -0.2) is 8.78 Å². The molecule has 2 aromatic carbocycles. The predicted molar refractivity (Wildman–Crippen MR) is 95.8 cm³/mol. The van der Waals surface area contributed by atoms with E-state index in [1.165, 1.54) is 0 Å². The number of hydrogen-bond donors (Lipinski definition) is 2. The number of nitrogens with two attached hydrogens (primary N) is 1. The monoisotopic (exact) mass is 353 g/mol. The van der Waals surface area contributed by atoms with Crippen LogP contribution in [0.3, 0.4) is 0 Å². The molecule has 0 radical (unpaired) electrons. The number of alkyl halides is 2. The van der Waals surface area contributed by atoms with E-state index in [1.54, 1.807) is 0 Å². The summed E-state index contributed by atoms with van der Waals surface area (Å²) in [7, 11) is 0. The Bertz CT molecular complexity index is 800. The number of nitrogens with zero attached hydrogens (tertiary/aromatic N) is 1. The average molecular weight is 353 g/mol. The van der Waals surface area contributed by atoms with Crippen LogP contribution >= 0.6 is 0 Å². The Balaban J connectivity index is 0.00000225. The molecule has 0 unspecified atom stereocenters. The van der Waals surface area contributed by atoms with E-state index in [4.69, 9.17) is 5.73 Å². The molecule has 5 N–H and O–H groups in total. The number of aryl methyl sites for hydroxylation is 1. The number of likely N-dealkylation sites (tertiary alicyclic amines) is 1. The molecule has 1 heterocycles. The van der Waals surface area contributed by atoms with Crippen LogP contribution in [0.2, 0.25) is 0 Å². The summed E-state index contributed by atoms with van der Waals surface area (Å²) in [4.78, 5) is 24.6. The standard InChI is InChI=1S/C18H18F2N2O2.H3N.2H2/c19-18(20)10-15(17(21)24)22(11-18)16(23)9-8-13-6-3-5-12-4-1-2-7-14(12)13;;;/h1-7,15H,8-11H2,(H2,21,24);1H3;2*1H/t15-;;;/m0.../s1. The van der Waals surface area contributed by atoms with Gasteiger partial charge >= 0.3 is 0 Å². The average Bonchev–Trinajstić information content (AvgIpc) is 2.89. The molecule has 3 rings (SSSR count). The van der Waals surface area contributed by atoms with Gasteiger partial charge in [-0.1, -0.05) is 42.5 Å². The van der Waals surface area contributed by atoms with Crippen molar-refractivity contribution < 1.29 is 21.2 Å². The summed E-state index contributed by atoms with van der Waals surface area (Å²) in [6.45, 7) is -0.741. The molecule has 1 saturated heterocycles. The Hall–Kier alpha value is -2.54. The summed E-state index contributed by atoms with van der Waals surface area (Å²) in [5.74, 6) is -4.41. The lowest BCUT2D eigenvalue weighted by molar-refractivity contribution is -0.137. The third-order valence-electron chi connectivity index (χ3n) is 4.41. The number of fused-ring (bicyclic) bond motifs is 1. The lowest BCUT2D eigenvalue weighted by Gasteiger charge is -2.21. The molecule has 5 nitrogen and oxygen atoms in total. The number of amides is 2. The molecule has 2 amide bonds. The fraction of sp³-hybridized carbons (Fsp3) is 0.333. The summed E-state index contributed by atoms with van der Waals surface area (Å²) in [6.07, 6.45) is -0.204. The van der Waals surface area contributed by atoms with Crippen LogP contribution in [0.1, 0.15) is 21.3 Å². The van der Waals surface area contributed by atoms with E-state index in [-0.39, 0.29) is 15.4 Å². The minimum Gasteiger partial charge on any atom is -0.368 e. The lowest BCUT2D eigenvalue weighted by Crippen LogP contribution is -2.43. The molecule has 0 saturated carbocycles. The smallest absolute Gasteiger partial charge is 0.267 e. The molecule has 1 atom stereocenters. The Kier molecular flexibility index (Phi) is 5.37. The van der Waals surface area contributed by atoms with Gasteiger partial charge in [-0.3, -0.25) is 9.59 Å². The second kappa shape index (κ2) is 7.14. The molecule has 1 aliphatic rings. The number of carbonyl (C=O) groups excluding carboxylic acids is 2. The number of halogens is 2. The number of rotatable bonds is 4. The molecule has 1 aliphatic heterocycles. The predicted octanol–water partition coefficient (Wildman–Crippen LogP) is 3.15. The first-order valence-corrected chi connectivity index (χ1v) is 7.81. The van der Waals surface area contributed by atoms with Crippen LogP contribution in [0.15, 0.2) is 42.5 Å². The third-order valence-corrected chi connectivity index (χ3v) is 4.41. The number of carbonyl (C=O) groups is 2. The third kappa shape index (κ3) is 3.93. The van der Waals surface area contributed by atoms with Crippen molar-refractivity contribution in [3.05, 3.63) is 48.0 Å². The van der Waals surface area contributed by atoms with Gasteiger partial charge in [0.1, 0.15) is 6.04 Å². The van der Waals surface area contributed by atoms with Crippen molar-refractivity contribution in [2.45, 2.75) is 31.2 Å². The van der Waals surface area contributed by atoms with Gasteiger partial charge in [-0.15, -0.1) is 0 Å². The maximum absolute atomic E-state index is 13.5. The van der Waals surface area contributed by atoms with E-state index < -0.39 is 36.7 Å². The summed E-state index contributed by atoms with van der Waals surface area (Å²) >= 11 is 0. The fourth-order valence-corrected chi connectivity index (χ4v) is 3.23. The summed E-state index contributed by atoms with van der Waals surface area (Å²) in [5.41, 5.74) is 6.14. The zero-order valence-corrected chi connectivity index (χ0v) is 13.8. The van der Waals surface area contributed by atoms with Crippen LogP contribution < -0.4 is 11.9 Å². The first-order valence-electron chi connectivity index (χ1n) is 7.81. The Morgan fingerprint density at radius 2 is 1.88 bits per heavy atom. The maximum atomic E-state index is 13.5. The number of primary amides is 1. The van der Waals surface area contributed by atoms with Crippen LogP contribution in [0.25, 0.3) is 10.8 Å². The molecule has 25 heavy (non-hydrogen) atoms. The van der Waals surface area contributed by atoms with Gasteiger partial charge in [0.15, 0.2) is 0 Å². The van der Waals surface area contributed by atoms with Gasteiger partial charge in [0.25, 0.3) is 5.92 Å². The summed E-state index contributed by atoms with van der Waals surface area (Å²) in [6, 6.07) is 12.4. The molecule has 0 spiro atoms.